The average molecular weight is 407 g/mol. The Labute approximate surface area is 171 Å². The largest absolute Gasteiger partial charge is 0.457 e. The van der Waals surface area contributed by atoms with Crippen molar-refractivity contribution in [3.8, 4) is 22.9 Å². The third-order valence-electron chi connectivity index (χ3n) is 4.23. The molecule has 30 heavy (non-hydrogen) atoms. The van der Waals surface area contributed by atoms with Crippen LogP contribution in [0.2, 0.25) is 0 Å². The summed E-state index contributed by atoms with van der Waals surface area (Å²) in [6, 6.07) is 12.3. The Morgan fingerprint density at radius 1 is 1.20 bits per heavy atom. The topological polar surface area (TPSA) is 95.1 Å². The predicted octanol–water partition coefficient (Wildman–Crippen LogP) is 3.81. The Morgan fingerprint density at radius 3 is 2.80 bits per heavy atom. The van der Waals surface area contributed by atoms with E-state index in [4.69, 9.17) is 9.26 Å². The maximum absolute atomic E-state index is 13.0. The first-order valence-corrected chi connectivity index (χ1v) is 9.28. The summed E-state index contributed by atoms with van der Waals surface area (Å²) in [6.07, 6.45) is 3.48. The minimum Gasteiger partial charge on any atom is -0.457 e. The van der Waals surface area contributed by atoms with E-state index in [1.807, 2.05) is 13.1 Å². The maximum Gasteiger partial charge on any atom is 0.251 e. The van der Waals surface area contributed by atoms with Gasteiger partial charge in [-0.3, -0.25) is 9.48 Å². The highest BCUT2D eigenvalue weighted by Crippen LogP contribution is 2.22. The number of hydrogen-bond donors (Lipinski definition) is 1. The number of aryl methyl sites for hydroxylation is 1. The van der Waals surface area contributed by atoms with Crippen molar-refractivity contribution in [3.63, 3.8) is 0 Å². The van der Waals surface area contributed by atoms with Gasteiger partial charge < -0.3 is 14.6 Å². The molecular weight excluding hydrogens is 389 g/mol. The third-order valence-corrected chi connectivity index (χ3v) is 4.23. The molecule has 0 aliphatic heterocycles. The number of carbonyl (C=O) groups is 1. The number of benzene rings is 2. The molecule has 4 rings (SSSR count). The van der Waals surface area contributed by atoms with Gasteiger partial charge in [0.2, 0.25) is 11.7 Å². The lowest BCUT2D eigenvalue weighted by Crippen LogP contribution is -2.22. The van der Waals surface area contributed by atoms with Crippen LogP contribution in [0.15, 0.2) is 65.4 Å². The van der Waals surface area contributed by atoms with Crippen molar-refractivity contribution in [3.05, 3.63) is 78.2 Å². The van der Waals surface area contributed by atoms with Gasteiger partial charge in [0.1, 0.15) is 17.3 Å². The minimum atomic E-state index is -0.348. The second kappa shape index (κ2) is 8.56. The van der Waals surface area contributed by atoms with Gasteiger partial charge in [0.25, 0.3) is 5.91 Å². The van der Waals surface area contributed by atoms with Gasteiger partial charge in [0, 0.05) is 18.3 Å². The molecule has 0 spiro atoms. The number of ether oxygens (including phenoxy) is 1. The molecule has 9 heteroatoms. The molecule has 2 aromatic carbocycles. The molecule has 0 atom stereocenters. The highest BCUT2D eigenvalue weighted by Gasteiger charge is 2.13. The van der Waals surface area contributed by atoms with Gasteiger partial charge in [-0.05, 0) is 49.4 Å². The van der Waals surface area contributed by atoms with Crippen LogP contribution in [-0.4, -0.2) is 25.8 Å². The highest BCUT2D eigenvalue weighted by atomic mass is 19.1. The second-order valence-corrected chi connectivity index (χ2v) is 6.36. The number of nitrogens with zero attached hydrogens (tertiary/aromatic N) is 4. The molecule has 0 unspecified atom stereocenters. The molecule has 0 fully saturated rings. The number of carbonyl (C=O) groups excluding carboxylic acids is 1. The average Bonchev–Trinajstić information content (AvgIpc) is 3.43. The maximum atomic E-state index is 13.0. The molecule has 0 bridgehead atoms. The molecule has 0 saturated heterocycles. The summed E-state index contributed by atoms with van der Waals surface area (Å²) in [4.78, 5) is 16.7. The van der Waals surface area contributed by atoms with Crippen molar-refractivity contribution in [2.45, 2.75) is 20.0 Å². The zero-order valence-electron chi connectivity index (χ0n) is 16.1. The summed E-state index contributed by atoms with van der Waals surface area (Å²) in [5.41, 5.74) is 1.14. The van der Waals surface area contributed by atoms with Gasteiger partial charge in [-0.25, -0.2) is 4.39 Å². The molecule has 1 amide bonds. The predicted molar refractivity (Wildman–Crippen MR) is 105 cm³/mol. The highest BCUT2D eigenvalue weighted by molar-refractivity contribution is 5.94. The van der Waals surface area contributed by atoms with Gasteiger partial charge in [-0.2, -0.15) is 10.1 Å². The number of amides is 1. The summed E-state index contributed by atoms with van der Waals surface area (Å²) >= 11 is 0. The Hall–Kier alpha value is -4.01. The number of aromatic nitrogens is 4. The molecule has 152 valence electrons. The van der Waals surface area contributed by atoms with Crippen LogP contribution in [0, 0.1) is 5.82 Å². The standard InChI is InChI=1S/C21H18FN5O3/c1-2-27-13-15(11-24-27)20-25-19(30-26-20)12-23-21(28)14-4-3-5-18(10-14)29-17-8-6-16(22)7-9-17/h3-11,13H,2,12H2,1H3,(H,23,28). The Balaban J connectivity index is 1.38. The van der Waals surface area contributed by atoms with Crippen LogP contribution >= 0.6 is 0 Å². The summed E-state index contributed by atoms with van der Waals surface area (Å²) in [7, 11) is 0. The first-order valence-electron chi connectivity index (χ1n) is 9.28. The normalized spacial score (nSPS) is 10.7. The number of halogens is 1. The molecule has 0 radical (unpaired) electrons. The summed E-state index contributed by atoms with van der Waals surface area (Å²) in [5.74, 6) is 0.952. The summed E-state index contributed by atoms with van der Waals surface area (Å²) < 4.78 is 25.6. The minimum absolute atomic E-state index is 0.0802. The van der Waals surface area contributed by atoms with Gasteiger partial charge in [0.15, 0.2) is 0 Å². The number of hydrogen-bond acceptors (Lipinski definition) is 6. The first-order chi connectivity index (χ1) is 14.6. The summed E-state index contributed by atoms with van der Waals surface area (Å²) in [6.45, 7) is 2.80. The van der Waals surface area contributed by atoms with E-state index in [1.54, 1.807) is 35.1 Å². The van der Waals surface area contributed by atoms with Gasteiger partial charge in [-0.15, -0.1) is 0 Å². The molecule has 2 heterocycles. The van der Waals surface area contributed by atoms with Crippen LogP contribution in [0.1, 0.15) is 23.2 Å². The third kappa shape index (κ3) is 4.52. The molecule has 0 saturated carbocycles. The Kier molecular flexibility index (Phi) is 5.51. The summed E-state index contributed by atoms with van der Waals surface area (Å²) in [5, 5.41) is 10.8. The van der Waals surface area contributed by atoms with E-state index in [2.05, 4.69) is 20.6 Å². The lowest BCUT2D eigenvalue weighted by molar-refractivity contribution is 0.0946. The van der Waals surface area contributed by atoms with Crippen molar-refractivity contribution < 1.29 is 18.4 Å². The smallest absolute Gasteiger partial charge is 0.251 e. The molecule has 2 aromatic heterocycles. The van der Waals surface area contributed by atoms with E-state index in [9.17, 15) is 9.18 Å². The quantitative estimate of drug-likeness (QED) is 0.501. The van der Waals surface area contributed by atoms with E-state index in [-0.39, 0.29) is 24.2 Å². The van der Waals surface area contributed by atoms with Crippen LogP contribution < -0.4 is 10.1 Å². The zero-order valence-corrected chi connectivity index (χ0v) is 16.1. The van der Waals surface area contributed by atoms with Crippen LogP contribution in [0.3, 0.4) is 0 Å². The lowest BCUT2D eigenvalue weighted by Gasteiger charge is -2.08. The van der Waals surface area contributed by atoms with Gasteiger partial charge >= 0.3 is 0 Å². The fraction of sp³-hybridized carbons (Fsp3) is 0.143. The van der Waals surface area contributed by atoms with Crippen LogP contribution in [0.25, 0.3) is 11.4 Å². The number of rotatable bonds is 7. The van der Waals surface area contributed by atoms with Crippen molar-refractivity contribution >= 4 is 5.91 Å². The van der Waals surface area contributed by atoms with Crippen molar-refractivity contribution in [2.75, 3.05) is 0 Å². The van der Waals surface area contributed by atoms with E-state index in [0.717, 1.165) is 12.1 Å². The molecular formula is C21H18FN5O3. The van der Waals surface area contributed by atoms with E-state index >= 15 is 0 Å². The molecule has 8 nitrogen and oxygen atoms in total. The fourth-order valence-electron chi connectivity index (χ4n) is 2.69. The van der Waals surface area contributed by atoms with Gasteiger partial charge in [-0.1, -0.05) is 11.2 Å². The Bertz CT molecular complexity index is 1150. The molecule has 0 aliphatic carbocycles. The van der Waals surface area contributed by atoms with Crippen LogP contribution in [-0.2, 0) is 13.1 Å². The molecule has 4 aromatic rings. The number of nitrogens with one attached hydrogen (secondary N) is 1. The van der Waals surface area contributed by atoms with Gasteiger partial charge in [0.05, 0.1) is 18.3 Å². The fourth-order valence-corrected chi connectivity index (χ4v) is 2.69. The van der Waals surface area contributed by atoms with E-state index in [1.165, 1.54) is 24.3 Å². The SMILES string of the molecule is CCn1cc(-c2noc(CNC(=O)c3cccc(Oc4ccc(F)cc4)c3)n2)cn1. The molecule has 1 N–H and O–H groups in total. The monoisotopic (exact) mass is 407 g/mol. The zero-order chi connectivity index (χ0) is 20.9. The van der Waals surface area contributed by atoms with Crippen LogP contribution in [0.4, 0.5) is 4.39 Å². The Morgan fingerprint density at radius 2 is 2.03 bits per heavy atom. The second-order valence-electron chi connectivity index (χ2n) is 6.36. The van der Waals surface area contributed by atoms with Crippen molar-refractivity contribution in [1.82, 2.24) is 25.2 Å². The van der Waals surface area contributed by atoms with Crippen molar-refractivity contribution in [1.29, 1.82) is 0 Å². The first kappa shape index (κ1) is 19.3. The molecule has 0 aliphatic rings. The van der Waals surface area contributed by atoms with Crippen LogP contribution in [0.5, 0.6) is 11.5 Å². The van der Waals surface area contributed by atoms with Crippen molar-refractivity contribution in [2.24, 2.45) is 0 Å². The van der Waals surface area contributed by atoms with E-state index in [0.29, 0.717) is 22.9 Å². The van der Waals surface area contributed by atoms with E-state index < -0.39 is 0 Å². The lowest BCUT2D eigenvalue weighted by atomic mass is 10.2.